The van der Waals surface area contributed by atoms with Crippen molar-refractivity contribution in [1.82, 2.24) is 14.9 Å². The van der Waals surface area contributed by atoms with Crippen LogP contribution in [0, 0.1) is 42.4 Å². The average Bonchev–Trinajstić information content (AvgIpc) is 3.08. The molecule has 8 nitrogen and oxygen atoms in total. The molecule has 1 aliphatic carbocycles. The van der Waals surface area contributed by atoms with Crippen molar-refractivity contribution >= 4 is 21.8 Å². The van der Waals surface area contributed by atoms with E-state index in [2.05, 4.69) is 30.6 Å². The lowest BCUT2D eigenvalue weighted by molar-refractivity contribution is -0.131. The zero-order valence-electron chi connectivity index (χ0n) is 16.2. The molecule has 0 bridgehead atoms. The van der Waals surface area contributed by atoms with E-state index in [-0.39, 0.29) is 25.5 Å². The van der Waals surface area contributed by atoms with Crippen LogP contribution >= 0.6 is 0 Å². The van der Waals surface area contributed by atoms with Crippen LogP contribution in [0.25, 0.3) is 0 Å². The summed E-state index contributed by atoms with van der Waals surface area (Å²) in [5, 5.41) is 8.88. The van der Waals surface area contributed by atoms with Crippen LogP contribution in [0.2, 0.25) is 0 Å². The van der Waals surface area contributed by atoms with Gasteiger partial charge in [-0.15, -0.1) is 0 Å². The largest absolute Gasteiger partial charge is 0.328 e. The number of rotatable bonds is 5. The van der Waals surface area contributed by atoms with E-state index >= 15 is 0 Å². The Bertz CT molecular complexity index is 1080. The van der Waals surface area contributed by atoms with Crippen LogP contribution in [-0.4, -0.2) is 52.6 Å². The number of hydrogen-bond donors (Lipinski definition) is 2. The number of carbonyl (C=O) groups is 2. The number of nitrogens with zero attached hydrogens (tertiary/aromatic N) is 2. The fourth-order valence-corrected chi connectivity index (χ4v) is 3.90. The zero-order valence-corrected chi connectivity index (χ0v) is 17.0. The fraction of sp³-hybridized carbons (Fsp3) is 0.450. The van der Waals surface area contributed by atoms with Crippen LogP contribution in [0.5, 0.6) is 0 Å². The maximum absolute atomic E-state index is 12.6. The van der Waals surface area contributed by atoms with Gasteiger partial charge in [-0.2, -0.15) is 0 Å². The van der Waals surface area contributed by atoms with E-state index in [4.69, 9.17) is 5.21 Å². The van der Waals surface area contributed by atoms with Gasteiger partial charge in [-0.1, -0.05) is 11.8 Å². The van der Waals surface area contributed by atoms with Crippen LogP contribution in [0.1, 0.15) is 31.0 Å². The van der Waals surface area contributed by atoms with E-state index in [1.165, 1.54) is 21.9 Å². The highest BCUT2D eigenvalue weighted by Gasteiger charge is 2.44. The van der Waals surface area contributed by atoms with Crippen molar-refractivity contribution in [2.45, 2.75) is 31.1 Å². The summed E-state index contributed by atoms with van der Waals surface area (Å²) in [5.41, 5.74) is 2.79. The van der Waals surface area contributed by atoms with Gasteiger partial charge in [-0.05, 0) is 50.5 Å². The minimum absolute atomic E-state index is 0.0393. The molecule has 3 rings (SSSR count). The summed E-state index contributed by atoms with van der Waals surface area (Å²) < 4.78 is 23.7. The van der Waals surface area contributed by atoms with Gasteiger partial charge < -0.3 is 4.90 Å². The number of hydroxylamine groups is 1. The number of aromatic nitrogens is 1. The second-order valence-electron chi connectivity index (χ2n) is 7.61. The molecule has 2 aliphatic rings. The van der Waals surface area contributed by atoms with Gasteiger partial charge in [-0.25, -0.2) is 18.7 Å². The summed E-state index contributed by atoms with van der Waals surface area (Å²) in [6.07, 6.45) is 3.40. The van der Waals surface area contributed by atoms with E-state index in [0.29, 0.717) is 17.4 Å². The Hall–Kier alpha value is -2.75. The van der Waals surface area contributed by atoms with Crippen molar-refractivity contribution in [3.8, 4) is 23.7 Å². The van der Waals surface area contributed by atoms with Gasteiger partial charge in [0.15, 0.2) is 14.6 Å². The lowest BCUT2D eigenvalue weighted by Gasteiger charge is -2.27. The van der Waals surface area contributed by atoms with Gasteiger partial charge in [-0.3, -0.25) is 14.6 Å². The smallest absolute Gasteiger partial charge is 0.318 e. The molecule has 1 fully saturated rings. The van der Waals surface area contributed by atoms with Crippen LogP contribution in [0.3, 0.4) is 0 Å². The number of hydrogen-bond acceptors (Lipinski definition) is 5. The molecule has 1 saturated carbocycles. The Morgan fingerprint density at radius 2 is 2.14 bits per heavy atom. The average molecular weight is 416 g/mol. The number of fused-ring (bicyclic) bond motifs is 1. The first-order valence-corrected chi connectivity index (χ1v) is 11.0. The molecule has 153 valence electrons. The van der Waals surface area contributed by atoms with Crippen LogP contribution < -0.4 is 5.48 Å². The molecule has 0 aromatic carbocycles. The molecule has 2 amide bonds. The predicted octanol–water partition coefficient (Wildman–Crippen LogP) is 0.796. The molecule has 9 heteroatoms. The number of amides is 2. The molecule has 0 unspecified atom stereocenters. The van der Waals surface area contributed by atoms with Crippen molar-refractivity contribution < 1.29 is 23.2 Å². The van der Waals surface area contributed by atoms with Crippen molar-refractivity contribution in [1.29, 1.82) is 0 Å². The molecule has 3 atom stereocenters. The van der Waals surface area contributed by atoms with E-state index in [9.17, 15) is 18.0 Å². The molecule has 1 radical (unpaired) electrons. The number of sulfone groups is 1. The first kappa shape index (κ1) is 21.0. The second kappa shape index (κ2) is 7.58. The maximum Gasteiger partial charge on any atom is 0.328 e. The fourth-order valence-electron chi connectivity index (χ4n) is 3.06. The predicted molar refractivity (Wildman–Crippen MR) is 105 cm³/mol. The summed E-state index contributed by atoms with van der Waals surface area (Å²) in [7, 11) is -3.82. The van der Waals surface area contributed by atoms with Gasteiger partial charge in [0.25, 0.3) is 5.91 Å². The number of nitrogens with one attached hydrogen (secondary N) is 1. The molecule has 0 spiro atoms. The van der Waals surface area contributed by atoms with E-state index < -0.39 is 20.5 Å². The SMILES string of the molecule is [CH2][C@H]1C[C@@H]1C#CC#Cc1cc2n(c1)C(=O)N(CC[C@](C)(C(=O)NO)S(C)(=O)=O)C2. The van der Waals surface area contributed by atoms with Gasteiger partial charge in [0.05, 0.1) is 6.54 Å². The molecule has 1 aromatic rings. The van der Waals surface area contributed by atoms with Gasteiger partial charge in [0.2, 0.25) is 0 Å². The summed E-state index contributed by atoms with van der Waals surface area (Å²) in [6, 6.07) is 1.46. The Balaban J connectivity index is 1.65. The topological polar surface area (TPSA) is 109 Å². The van der Waals surface area contributed by atoms with Crippen molar-refractivity contribution in [2.75, 3.05) is 12.8 Å². The second-order valence-corrected chi connectivity index (χ2v) is 10.1. The summed E-state index contributed by atoms with van der Waals surface area (Å²) in [4.78, 5) is 25.9. The van der Waals surface area contributed by atoms with Crippen molar-refractivity contribution in [3.05, 3.63) is 30.4 Å². The molecular weight excluding hydrogens is 394 g/mol. The lowest BCUT2D eigenvalue weighted by atomic mass is 10.1. The quantitative estimate of drug-likeness (QED) is 0.419. The highest BCUT2D eigenvalue weighted by molar-refractivity contribution is 7.92. The molecule has 1 aliphatic heterocycles. The monoisotopic (exact) mass is 416 g/mol. The third-order valence-corrected chi connectivity index (χ3v) is 7.46. The highest BCUT2D eigenvalue weighted by atomic mass is 32.2. The molecule has 2 N–H and O–H groups in total. The minimum Gasteiger partial charge on any atom is -0.318 e. The van der Waals surface area contributed by atoms with Crippen molar-refractivity contribution in [2.24, 2.45) is 11.8 Å². The van der Waals surface area contributed by atoms with E-state index in [0.717, 1.165) is 18.4 Å². The summed E-state index contributed by atoms with van der Waals surface area (Å²) >= 11 is 0. The minimum atomic E-state index is -3.82. The first-order valence-electron chi connectivity index (χ1n) is 9.06. The standard InChI is InChI=1S/C20H22N3O5S/c1-14-10-16(14)7-5-4-6-15-11-17-13-22(19(25)23(17)12-15)9-8-20(2,18(24)21-26)29(3,27)28/h11-12,14,16,26H,1,8-10,13H2,2-3H3,(H,21,24)/t14-,16-,20+/m0/s1. The number of carbonyl (C=O) groups excluding carboxylic acids is 2. The van der Waals surface area contributed by atoms with Gasteiger partial charge in [0.1, 0.15) is 0 Å². The third-order valence-electron chi connectivity index (χ3n) is 5.44. The molecule has 1 aromatic heterocycles. The van der Waals surface area contributed by atoms with Crippen LogP contribution in [0.4, 0.5) is 4.79 Å². The molecule has 0 saturated heterocycles. The van der Waals surface area contributed by atoms with E-state index in [1.807, 2.05) is 0 Å². The lowest BCUT2D eigenvalue weighted by Crippen LogP contribution is -2.50. The summed E-state index contributed by atoms with van der Waals surface area (Å²) in [5.74, 6) is 11.2. The maximum atomic E-state index is 12.6. The van der Waals surface area contributed by atoms with Crippen LogP contribution in [-0.2, 0) is 21.2 Å². The highest BCUT2D eigenvalue weighted by Crippen LogP contribution is 2.36. The first-order chi connectivity index (χ1) is 13.6. The Morgan fingerprint density at radius 3 is 2.69 bits per heavy atom. The van der Waals surface area contributed by atoms with Gasteiger partial charge in [0, 0.05) is 36.2 Å². The van der Waals surface area contributed by atoms with Crippen LogP contribution in [0.15, 0.2) is 12.3 Å². The van der Waals surface area contributed by atoms with E-state index in [1.54, 1.807) is 12.3 Å². The molecule has 29 heavy (non-hydrogen) atoms. The van der Waals surface area contributed by atoms with Gasteiger partial charge >= 0.3 is 6.03 Å². The zero-order chi connectivity index (χ0) is 21.4. The summed E-state index contributed by atoms with van der Waals surface area (Å²) in [6.45, 7) is 5.45. The third kappa shape index (κ3) is 4.16. The molecule has 2 heterocycles. The molecular formula is C20H22N3O5S. The Morgan fingerprint density at radius 1 is 1.45 bits per heavy atom. The normalized spacial score (nSPS) is 21.9. The van der Waals surface area contributed by atoms with Crippen molar-refractivity contribution in [3.63, 3.8) is 0 Å². The Labute approximate surface area is 170 Å². The Kier molecular flexibility index (Phi) is 5.48.